The van der Waals surface area contributed by atoms with Gasteiger partial charge >= 0.3 is 0 Å². The van der Waals surface area contributed by atoms with Crippen LogP contribution in [0.5, 0.6) is 5.75 Å². The van der Waals surface area contributed by atoms with Crippen molar-refractivity contribution in [2.75, 3.05) is 46.4 Å². The molecule has 0 amide bonds. The maximum Gasteiger partial charge on any atom is 0.193 e. The Hall–Kier alpha value is -2.57. The number of morpholine rings is 1. The van der Waals surface area contributed by atoms with Crippen molar-refractivity contribution in [2.24, 2.45) is 4.99 Å². The Morgan fingerprint density at radius 1 is 1.07 bits per heavy atom. The normalized spacial score (nSPS) is 20.4. The van der Waals surface area contributed by atoms with Crippen LogP contribution in [-0.4, -0.2) is 68.2 Å². The molecule has 0 aliphatic carbocycles. The molecule has 0 spiro atoms. The second-order valence-corrected chi connectivity index (χ2v) is 7.86. The second kappa shape index (κ2) is 10.5. The van der Waals surface area contributed by atoms with E-state index in [9.17, 15) is 0 Å². The maximum absolute atomic E-state index is 5.96. The summed E-state index contributed by atoms with van der Waals surface area (Å²) in [5.74, 6) is 1.86. The Labute approximate surface area is 179 Å². The molecule has 2 aliphatic heterocycles. The fourth-order valence-corrected chi connectivity index (χ4v) is 4.17. The van der Waals surface area contributed by atoms with Crippen molar-refractivity contribution in [3.8, 4) is 5.75 Å². The summed E-state index contributed by atoms with van der Waals surface area (Å²) in [4.78, 5) is 9.45. The third kappa shape index (κ3) is 5.52. The summed E-state index contributed by atoms with van der Waals surface area (Å²) in [5.41, 5.74) is 2.36. The van der Waals surface area contributed by atoms with Crippen LogP contribution in [0.3, 0.4) is 0 Å². The first-order chi connectivity index (χ1) is 14.8. The van der Waals surface area contributed by atoms with E-state index in [-0.39, 0.29) is 0 Å². The Morgan fingerprint density at radius 2 is 1.87 bits per heavy atom. The van der Waals surface area contributed by atoms with Gasteiger partial charge in [0.2, 0.25) is 0 Å². The van der Waals surface area contributed by atoms with Crippen molar-refractivity contribution in [3.63, 3.8) is 0 Å². The largest absolute Gasteiger partial charge is 0.489 e. The molecule has 0 bridgehead atoms. The molecule has 6 nitrogen and oxygen atoms in total. The lowest BCUT2D eigenvalue weighted by atomic mass is 10.2. The van der Waals surface area contributed by atoms with Crippen molar-refractivity contribution in [1.82, 2.24) is 15.1 Å². The Kier molecular flexibility index (Phi) is 7.21. The number of nitrogens with zero attached hydrogens (tertiary/aromatic N) is 3. The highest BCUT2D eigenvalue weighted by atomic mass is 16.5. The van der Waals surface area contributed by atoms with E-state index in [0.29, 0.717) is 12.6 Å². The number of hydrogen-bond acceptors (Lipinski definition) is 4. The van der Waals surface area contributed by atoms with Gasteiger partial charge in [0.1, 0.15) is 12.4 Å². The molecule has 0 aromatic heterocycles. The Balaban J connectivity index is 1.28. The molecule has 1 N–H and O–H groups in total. The zero-order valence-electron chi connectivity index (χ0n) is 17.8. The van der Waals surface area contributed by atoms with E-state index in [0.717, 1.165) is 57.6 Å². The topological polar surface area (TPSA) is 49.3 Å². The minimum Gasteiger partial charge on any atom is -0.489 e. The molecule has 30 heavy (non-hydrogen) atoms. The standard InChI is InChI=1S/C24H32N4O2/c1-25-24(28-11-10-22(18-28)27-12-14-29-15-13-27)26-17-21-8-5-9-23(16-21)30-19-20-6-3-2-4-7-20/h2-9,16,22H,10-15,17-19H2,1H3,(H,25,26). The predicted octanol–water partition coefficient (Wildman–Crippen LogP) is 2.75. The van der Waals surface area contributed by atoms with Gasteiger partial charge in [-0.3, -0.25) is 9.89 Å². The lowest BCUT2D eigenvalue weighted by Gasteiger charge is -2.32. The molecule has 2 saturated heterocycles. The van der Waals surface area contributed by atoms with Crippen molar-refractivity contribution < 1.29 is 9.47 Å². The van der Waals surface area contributed by atoms with E-state index in [4.69, 9.17) is 9.47 Å². The molecule has 6 heteroatoms. The number of ether oxygens (including phenoxy) is 2. The van der Waals surface area contributed by atoms with E-state index >= 15 is 0 Å². The summed E-state index contributed by atoms with van der Waals surface area (Å²) >= 11 is 0. The van der Waals surface area contributed by atoms with Crippen molar-refractivity contribution in [3.05, 3.63) is 65.7 Å². The highest BCUT2D eigenvalue weighted by Crippen LogP contribution is 2.18. The summed E-state index contributed by atoms with van der Waals surface area (Å²) in [6, 6.07) is 19.1. The number of hydrogen-bond donors (Lipinski definition) is 1. The van der Waals surface area contributed by atoms with Gasteiger partial charge in [0.05, 0.1) is 13.2 Å². The summed E-state index contributed by atoms with van der Waals surface area (Å²) in [5, 5.41) is 3.53. The zero-order chi connectivity index (χ0) is 20.6. The van der Waals surface area contributed by atoms with Crippen LogP contribution in [-0.2, 0) is 17.9 Å². The van der Waals surface area contributed by atoms with Gasteiger partial charge in [0, 0.05) is 45.8 Å². The van der Waals surface area contributed by atoms with Gasteiger partial charge in [-0.2, -0.15) is 0 Å². The van der Waals surface area contributed by atoms with Crippen LogP contribution >= 0.6 is 0 Å². The van der Waals surface area contributed by atoms with Gasteiger partial charge in [0.15, 0.2) is 5.96 Å². The summed E-state index contributed by atoms with van der Waals surface area (Å²) in [7, 11) is 1.86. The monoisotopic (exact) mass is 408 g/mol. The zero-order valence-corrected chi connectivity index (χ0v) is 17.8. The highest BCUT2D eigenvalue weighted by molar-refractivity contribution is 5.80. The molecule has 0 radical (unpaired) electrons. The van der Waals surface area contributed by atoms with Crippen molar-refractivity contribution in [2.45, 2.75) is 25.6 Å². The van der Waals surface area contributed by atoms with Crippen LogP contribution in [0.25, 0.3) is 0 Å². The molecular formula is C24H32N4O2. The van der Waals surface area contributed by atoms with Crippen LogP contribution in [0.2, 0.25) is 0 Å². The quantitative estimate of drug-likeness (QED) is 0.588. The van der Waals surface area contributed by atoms with Gasteiger partial charge in [-0.1, -0.05) is 42.5 Å². The molecule has 2 aliphatic rings. The summed E-state index contributed by atoms with van der Waals surface area (Å²) < 4.78 is 11.5. The van der Waals surface area contributed by atoms with E-state index < -0.39 is 0 Å². The summed E-state index contributed by atoms with van der Waals surface area (Å²) in [6.45, 7) is 7.17. The van der Waals surface area contributed by atoms with E-state index in [1.807, 2.05) is 37.4 Å². The minimum absolute atomic E-state index is 0.579. The molecule has 160 valence electrons. The minimum atomic E-state index is 0.579. The third-order valence-electron chi connectivity index (χ3n) is 5.83. The van der Waals surface area contributed by atoms with Gasteiger partial charge in [-0.15, -0.1) is 0 Å². The van der Waals surface area contributed by atoms with Crippen molar-refractivity contribution in [1.29, 1.82) is 0 Å². The molecular weight excluding hydrogens is 376 g/mol. The first-order valence-electron chi connectivity index (χ1n) is 10.8. The summed E-state index contributed by atoms with van der Waals surface area (Å²) in [6.07, 6.45) is 1.18. The van der Waals surface area contributed by atoms with Crippen LogP contribution in [0.1, 0.15) is 17.5 Å². The average Bonchev–Trinajstić information content (AvgIpc) is 3.30. The Morgan fingerprint density at radius 3 is 2.67 bits per heavy atom. The molecule has 1 atom stereocenters. The fraction of sp³-hybridized carbons (Fsp3) is 0.458. The lowest BCUT2D eigenvalue weighted by molar-refractivity contribution is 0.0195. The first kappa shape index (κ1) is 20.7. The number of likely N-dealkylation sites (tertiary alicyclic amines) is 1. The van der Waals surface area contributed by atoms with Crippen molar-refractivity contribution >= 4 is 5.96 Å². The predicted molar refractivity (Wildman–Crippen MR) is 120 cm³/mol. The number of nitrogens with one attached hydrogen (secondary N) is 1. The third-order valence-corrected chi connectivity index (χ3v) is 5.83. The van der Waals surface area contributed by atoms with Crippen LogP contribution in [0.4, 0.5) is 0 Å². The number of guanidine groups is 1. The van der Waals surface area contributed by atoms with Gasteiger partial charge in [-0.05, 0) is 29.7 Å². The van der Waals surface area contributed by atoms with Crippen LogP contribution in [0.15, 0.2) is 59.6 Å². The van der Waals surface area contributed by atoms with Gasteiger partial charge < -0.3 is 19.7 Å². The first-order valence-corrected chi connectivity index (χ1v) is 10.8. The number of aliphatic imine (C=N–C) groups is 1. The maximum atomic E-state index is 5.96. The van der Waals surface area contributed by atoms with Crippen LogP contribution < -0.4 is 10.1 Å². The molecule has 2 fully saturated rings. The SMILES string of the molecule is CN=C(NCc1cccc(OCc2ccccc2)c1)N1CCC(N2CCOCC2)C1. The second-order valence-electron chi connectivity index (χ2n) is 7.86. The lowest BCUT2D eigenvalue weighted by Crippen LogP contribution is -2.46. The average molecular weight is 409 g/mol. The number of rotatable bonds is 6. The van der Waals surface area contributed by atoms with Crippen LogP contribution in [0, 0.1) is 0 Å². The van der Waals surface area contributed by atoms with E-state index in [1.54, 1.807) is 0 Å². The smallest absolute Gasteiger partial charge is 0.193 e. The van der Waals surface area contributed by atoms with E-state index in [2.05, 4.69) is 44.4 Å². The van der Waals surface area contributed by atoms with Gasteiger partial charge in [0.25, 0.3) is 0 Å². The molecule has 0 saturated carbocycles. The van der Waals surface area contributed by atoms with E-state index in [1.165, 1.54) is 17.5 Å². The van der Waals surface area contributed by atoms with Gasteiger partial charge in [-0.25, -0.2) is 0 Å². The molecule has 1 unspecified atom stereocenters. The molecule has 4 rings (SSSR count). The fourth-order valence-electron chi connectivity index (χ4n) is 4.17. The molecule has 2 aromatic rings. The molecule has 2 heterocycles. The Bertz CT molecular complexity index is 821. The number of benzene rings is 2. The molecule has 2 aromatic carbocycles. The highest BCUT2D eigenvalue weighted by Gasteiger charge is 2.30.